The highest BCUT2D eigenvalue weighted by Gasteiger charge is 2.24. The van der Waals surface area contributed by atoms with Gasteiger partial charge in [-0.1, -0.05) is 18.2 Å². The molecular weight excluding hydrogens is 302 g/mol. The summed E-state index contributed by atoms with van der Waals surface area (Å²) in [5, 5.41) is 1.77. The Hall–Kier alpha value is -1.04. The molecule has 1 aromatic heterocycles. The van der Waals surface area contributed by atoms with Crippen molar-refractivity contribution in [3.63, 3.8) is 0 Å². The predicted molar refractivity (Wildman–Crippen MR) is 80.6 cm³/mol. The van der Waals surface area contributed by atoms with Crippen molar-refractivity contribution >= 4 is 38.6 Å². The van der Waals surface area contributed by atoms with Gasteiger partial charge in [0.25, 0.3) is 10.0 Å². The van der Waals surface area contributed by atoms with E-state index in [1.54, 1.807) is 24.6 Å². The van der Waals surface area contributed by atoms with Crippen LogP contribution in [-0.2, 0) is 15.9 Å². The van der Waals surface area contributed by atoms with Gasteiger partial charge in [0.2, 0.25) is 0 Å². The lowest BCUT2D eigenvalue weighted by molar-refractivity contribution is 0.596. The van der Waals surface area contributed by atoms with Gasteiger partial charge < -0.3 is 0 Å². The molecule has 0 radical (unpaired) electrons. The summed E-state index contributed by atoms with van der Waals surface area (Å²) in [5.41, 5.74) is 2.43. The molecule has 19 heavy (non-hydrogen) atoms. The standard InChI is InChI=1S/C13H14ClNO2S2/c1-10-5-3-4-6-12(10)15(2)19(16,17)13-7-11(8-14)9-18-13/h3-7,9H,8H2,1-2H3. The van der Waals surface area contributed by atoms with Gasteiger partial charge in [-0.05, 0) is 35.6 Å². The smallest absolute Gasteiger partial charge is 0.268 e. The molecule has 0 aliphatic rings. The molecule has 2 aromatic rings. The Morgan fingerprint density at radius 1 is 1.32 bits per heavy atom. The molecule has 0 atom stereocenters. The minimum absolute atomic E-state index is 0.314. The van der Waals surface area contributed by atoms with Crippen molar-refractivity contribution in [1.29, 1.82) is 0 Å². The third-order valence-electron chi connectivity index (χ3n) is 2.85. The molecule has 0 saturated heterocycles. The van der Waals surface area contributed by atoms with Crippen molar-refractivity contribution in [3.05, 3.63) is 46.8 Å². The SMILES string of the molecule is Cc1ccccc1N(C)S(=O)(=O)c1cc(CCl)cs1. The first-order chi connectivity index (χ1) is 8.96. The van der Waals surface area contributed by atoms with E-state index in [1.807, 2.05) is 25.1 Å². The molecule has 0 aliphatic heterocycles. The lowest BCUT2D eigenvalue weighted by atomic mass is 10.2. The highest BCUT2D eigenvalue weighted by atomic mass is 35.5. The largest absolute Gasteiger partial charge is 0.273 e. The fraction of sp³-hybridized carbons (Fsp3) is 0.231. The lowest BCUT2D eigenvalue weighted by Crippen LogP contribution is -2.26. The van der Waals surface area contributed by atoms with Crippen LogP contribution in [0.3, 0.4) is 0 Å². The quantitative estimate of drug-likeness (QED) is 0.808. The van der Waals surface area contributed by atoms with E-state index in [9.17, 15) is 8.42 Å². The third-order valence-corrected chi connectivity index (χ3v) is 6.40. The van der Waals surface area contributed by atoms with Gasteiger partial charge in [-0.25, -0.2) is 8.42 Å². The van der Waals surface area contributed by atoms with Gasteiger partial charge in [0.1, 0.15) is 4.21 Å². The molecule has 0 fully saturated rings. The number of benzene rings is 1. The summed E-state index contributed by atoms with van der Waals surface area (Å²) in [6, 6.07) is 9.02. The van der Waals surface area contributed by atoms with Crippen LogP contribution in [-0.4, -0.2) is 15.5 Å². The number of rotatable bonds is 4. The van der Waals surface area contributed by atoms with E-state index in [0.717, 1.165) is 11.1 Å². The van der Waals surface area contributed by atoms with Crippen molar-refractivity contribution in [2.45, 2.75) is 17.0 Å². The number of halogens is 1. The van der Waals surface area contributed by atoms with Crippen molar-refractivity contribution in [2.24, 2.45) is 0 Å². The Labute approximate surface area is 122 Å². The first kappa shape index (κ1) is 14.4. The number of anilines is 1. The summed E-state index contributed by atoms with van der Waals surface area (Å²) in [6.45, 7) is 1.89. The van der Waals surface area contributed by atoms with E-state index in [0.29, 0.717) is 15.8 Å². The Morgan fingerprint density at radius 3 is 2.58 bits per heavy atom. The summed E-state index contributed by atoms with van der Waals surface area (Å²) in [4.78, 5) is 0. The molecule has 6 heteroatoms. The van der Waals surface area contributed by atoms with E-state index in [2.05, 4.69) is 0 Å². The molecule has 1 aromatic carbocycles. The van der Waals surface area contributed by atoms with E-state index < -0.39 is 10.0 Å². The molecule has 0 unspecified atom stereocenters. The minimum atomic E-state index is -3.51. The van der Waals surface area contributed by atoms with Crippen molar-refractivity contribution in [2.75, 3.05) is 11.4 Å². The van der Waals surface area contributed by atoms with Gasteiger partial charge in [0.05, 0.1) is 5.69 Å². The summed E-state index contributed by atoms with van der Waals surface area (Å²) in [6.07, 6.45) is 0. The second kappa shape index (κ2) is 5.53. The number of para-hydroxylation sites is 1. The zero-order chi connectivity index (χ0) is 14.0. The number of hydrogen-bond donors (Lipinski definition) is 0. The number of thiophene rings is 1. The van der Waals surface area contributed by atoms with Gasteiger partial charge in [-0.15, -0.1) is 22.9 Å². The molecule has 0 bridgehead atoms. The first-order valence-corrected chi connectivity index (χ1v) is 8.50. The molecule has 102 valence electrons. The Balaban J connectivity index is 2.42. The van der Waals surface area contributed by atoms with Crippen LogP contribution in [0.4, 0.5) is 5.69 Å². The van der Waals surface area contributed by atoms with Crippen LogP contribution >= 0.6 is 22.9 Å². The van der Waals surface area contributed by atoms with E-state index in [4.69, 9.17) is 11.6 Å². The zero-order valence-electron chi connectivity index (χ0n) is 10.6. The topological polar surface area (TPSA) is 37.4 Å². The summed E-state index contributed by atoms with van der Waals surface area (Å²) in [7, 11) is -1.94. The van der Waals surface area contributed by atoms with Crippen LogP contribution in [0.5, 0.6) is 0 Å². The molecule has 2 rings (SSSR count). The summed E-state index contributed by atoms with van der Waals surface area (Å²) >= 11 is 6.91. The fourth-order valence-corrected chi connectivity index (χ4v) is 4.62. The minimum Gasteiger partial charge on any atom is -0.268 e. The van der Waals surface area contributed by atoms with Gasteiger partial charge >= 0.3 is 0 Å². The van der Waals surface area contributed by atoms with E-state index in [1.165, 1.54) is 15.6 Å². The molecule has 3 nitrogen and oxygen atoms in total. The van der Waals surface area contributed by atoms with Crippen LogP contribution in [0.1, 0.15) is 11.1 Å². The fourth-order valence-electron chi connectivity index (χ4n) is 1.74. The molecule has 0 amide bonds. The van der Waals surface area contributed by atoms with Gasteiger partial charge in [0, 0.05) is 12.9 Å². The average molecular weight is 316 g/mol. The maximum absolute atomic E-state index is 12.5. The van der Waals surface area contributed by atoms with Gasteiger partial charge in [-0.3, -0.25) is 4.31 Å². The average Bonchev–Trinajstić information content (AvgIpc) is 2.88. The predicted octanol–water partition coefficient (Wildman–Crippen LogP) is 3.62. The van der Waals surface area contributed by atoms with Crippen LogP contribution in [0.25, 0.3) is 0 Å². The van der Waals surface area contributed by atoms with Crippen LogP contribution in [0.2, 0.25) is 0 Å². The monoisotopic (exact) mass is 315 g/mol. The van der Waals surface area contributed by atoms with Crippen molar-refractivity contribution in [1.82, 2.24) is 0 Å². The number of sulfonamides is 1. The molecule has 0 saturated carbocycles. The molecule has 0 aliphatic carbocycles. The molecule has 0 spiro atoms. The van der Waals surface area contributed by atoms with Gasteiger partial charge in [0.15, 0.2) is 0 Å². The number of alkyl halides is 1. The number of hydrogen-bond acceptors (Lipinski definition) is 3. The lowest BCUT2D eigenvalue weighted by Gasteiger charge is -2.20. The van der Waals surface area contributed by atoms with Crippen LogP contribution in [0.15, 0.2) is 39.9 Å². The van der Waals surface area contributed by atoms with E-state index in [-0.39, 0.29) is 0 Å². The Morgan fingerprint density at radius 2 is 2.00 bits per heavy atom. The first-order valence-electron chi connectivity index (χ1n) is 5.64. The highest BCUT2D eigenvalue weighted by molar-refractivity contribution is 7.94. The summed E-state index contributed by atoms with van der Waals surface area (Å²) < 4.78 is 26.6. The second-order valence-electron chi connectivity index (χ2n) is 4.17. The Kier molecular flexibility index (Phi) is 4.18. The number of aryl methyl sites for hydroxylation is 1. The molecule has 1 heterocycles. The maximum Gasteiger partial charge on any atom is 0.273 e. The van der Waals surface area contributed by atoms with Gasteiger partial charge in [-0.2, -0.15) is 0 Å². The zero-order valence-corrected chi connectivity index (χ0v) is 13.0. The van der Waals surface area contributed by atoms with Crippen LogP contribution in [0, 0.1) is 6.92 Å². The third kappa shape index (κ3) is 2.78. The highest BCUT2D eigenvalue weighted by Crippen LogP contribution is 2.29. The second-order valence-corrected chi connectivity index (χ2v) is 7.54. The van der Waals surface area contributed by atoms with Crippen molar-refractivity contribution < 1.29 is 8.42 Å². The summed E-state index contributed by atoms with van der Waals surface area (Å²) in [5.74, 6) is 0.320. The Bertz CT molecular complexity index is 679. The molecular formula is C13H14ClNO2S2. The molecule has 0 N–H and O–H groups in total. The number of nitrogens with zero attached hydrogens (tertiary/aromatic N) is 1. The van der Waals surface area contributed by atoms with Crippen molar-refractivity contribution in [3.8, 4) is 0 Å². The van der Waals surface area contributed by atoms with Crippen LogP contribution < -0.4 is 4.31 Å². The normalized spacial score (nSPS) is 11.5. The maximum atomic E-state index is 12.5. The van der Waals surface area contributed by atoms with E-state index >= 15 is 0 Å².